The average Bonchev–Trinajstić information content (AvgIpc) is 2.92. The summed E-state index contributed by atoms with van der Waals surface area (Å²) in [7, 11) is 0. The smallest absolute Gasteiger partial charge is 0.260 e. The van der Waals surface area contributed by atoms with Crippen molar-refractivity contribution in [1.82, 2.24) is 9.97 Å². The van der Waals surface area contributed by atoms with E-state index in [0.717, 1.165) is 21.6 Å². The third kappa shape index (κ3) is 2.86. The Bertz CT molecular complexity index is 1150. The molecule has 4 rings (SSSR count). The minimum absolute atomic E-state index is 0.219. The van der Waals surface area contributed by atoms with E-state index in [4.69, 9.17) is 11.6 Å². The second kappa shape index (κ2) is 6.10. The number of hydrogen-bond acceptors (Lipinski definition) is 3. The van der Waals surface area contributed by atoms with Crippen molar-refractivity contribution in [3.63, 3.8) is 0 Å². The molecule has 0 spiro atoms. The minimum Gasteiger partial charge on any atom is -0.306 e. The first kappa shape index (κ1) is 16.0. The lowest BCUT2D eigenvalue weighted by Crippen LogP contribution is -2.09. The second-order valence-corrected chi connectivity index (χ2v) is 7.28. The van der Waals surface area contributed by atoms with Gasteiger partial charge in [-0.3, -0.25) is 4.79 Å². The standard InChI is InChI=1S/C19H12ClFN2OS/c1-10-15(11-5-7-14(21)8-6-11)16-18(24)22-17(23-19(16)25-10)12-3-2-4-13(20)9-12/h2-9H,1H3,(H,22,23,24). The first-order chi connectivity index (χ1) is 12.0. The molecule has 6 heteroatoms. The Balaban J connectivity index is 1.95. The minimum atomic E-state index is -0.309. The monoisotopic (exact) mass is 370 g/mol. The SMILES string of the molecule is Cc1sc2nc(-c3cccc(Cl)c3)[nH]c(=O)c2c1-c1ccc(F)cc1. The second-order valence-electron chi connectivity index (χ2n) is 5.65. The number of thiophene rings is 1. The molecule has 2 aromatic heterocycles. The van der Waals surface area contributed by atoms with E-state index in [1.54, 1.807) is 24.3 Å². The van der Waals surface area contributed by atoms with Crippen LogP contribution in [0.15, 0.2) is 53.3 Å². The summed E-state index contributed by atoms with van der Waals surface area (Å²) in [4.78, 5) is 21.8. The molecule has 0 amide bonds. The predicted molar refractivity (Wildman–Crippen MR) is 101 cm³/mol. The summed E-state index contributed by atoms with van der Waals surface area (Å²) in [6.07, 6.45) is 0. The van der Waals surface area contributed by atoms with Crippen molar-refractivity contribution in [2.75, 3.05) is 0 Å². The van der Waals surface area contributed by atoms with E-state index < -0.39 is 0 Å². The number of benzene rings is 2. The van der Waals surface area contributed by atoms with E-state index in [0.29, 0.717) is 21.1 Å². The predicted octanol–water partition coefficient (Wildman–Crippen LogP) is 5.42. The molecule has 3 nitrogen and oxygen atoms in total. The Kier molecular flexibility index (Phi) is 3.90. The molecule has 2 aromatic carbocycles. The number of nitrogens with zero attached hydrogens (tertiary/aromatic N) is 1. The lowest BCUT2D eigenvalue weighted by atomic mass is 10.0. The number of H-pyrrole nitrogens is 1. The van der Waals surface area contributed by atoms with Crippen LogP contribution in [0.5, 0.6) is 0 Å². The number of aromatic amines is 1. The van der Waals surface area contributed by atoms with Crippen molar-refractivity contribution in [2.24, 2.45) is 0 Å². The lowest BCUT2D eigenvalue weighted by Gasteiger charge is -2.04. The molecule has 2 heterocycles. The van der Waals surface area contributed by atoms with Crippen LogP contribution < -0.4 is 5.56 Å². The number of aryl methyl sites for hydroxylation is 1. The number of rotatable bonds is 2. The van der Waals surface area contributed by atoms with Crippen molar-refractivity contribution in [1.29, 1.82) is 0 Å². The molecular formula is C19H12ClFN2OS. The highest BCUT2D eigenvalue weighted by atomic mass is 35.5. The zero-order chi connectivity index (χ0) is 17.6. The van der Waals surface area contributed by atoms with Crippen LogP contribution in [-0.2, 0) is 0 Å². The molecule has 0 saturated carbocycles. The van der Waals surface area contributed by atoms with Gasteiger partial charge in [-0.1, -0.05) is 35.9 Å². The third-order valence-electron chi connectivity index (χ3n) is 3.97. The van der Waals surface area contributed by atoms with Crippen molar-refractivity contribution in [3.05, 3.63) is 74.6 Å². The molecule has 0 aliphatic carbocycles. The number of aromatic nitrogens is 2. The highest BCUT2D eigenvalue weighted by Gasteiger charge is 2.17. The molecule has 0 atom stereocenters. The van der Waals surface area contributed by atoms with Crippen LogP contribution in [0.2, 0.25) is 5.02 Å². The van der Waals surface area contributed by atoms with Crippen LogP contribution in [0.25, 0.3) is 32.7 Å². The van der Waals surface area contributed by atoms with E-state index in [1.807, 2.05) is 19.1 Å². The zero-order valence-corrected chi connectivity index (χ0v) is 14.7. The first-order valence-electron chi connectivity index (χ1n) is 7.58. The van der Waals surface area contributed by atoms with Crippen LogP contribution in [-0.4, -0.2) is 9.97 Å². The summed E-state index contributed by atoms with van der Waals surface area (Å²) in [6.45, 7) is 1.93. The van der Waals surface area contributed by atoms with Crippen molar-refractivity contribution < 1.29 is 4.39 Å². The fourth-order valence-corrected chi connectivity index (χ4v) is 4.09. The summed E-state index contributed by atoms with van der Waals surface area (Å²) >= 11 is 7.47. The Morgan fingerprint density at radius 1 is 1.12 bits per heavy atom. The number of halogens is 2. The Morgan fingerprint density at radius 2 is 1.88 bits per heavy atom. The van der Waals surface area contributed by atoms with E-state index in [1.165, 1.54) is 23.5 Å². The molecule has 0 radical (unpaired) electrons. The first-order valence-corrected chi connectivity index (χ1v) is 8.77. The van der Waals surface area contributed by atoms with Gasteiger partial charge in [0.1, 0.15) is 16.5 Å². The maximum atomic E-state index is 13.2. The van der Waals surface area contributed by atoms with Gasteiger partial charge in [-0.2, -0.15) is 0 Å². The van der Waals surface area contributed by atoms with Crippen molar-refractivity contribution in [3.8, 4) is 22.5 Å². The normalized spacial score (nSPS) is 11.2. The van der Waals surface area contributed by atoms with Gasteiger partial charge in [0, 0.05) is 21.0 Å². The van der Waals surface area contributed by atoms with E-state index >= 15 is 0 Å². The maximum absolute atomic E-state index is 13.2. The summed E-state index contributed by atoms with van der Waals surface area (Å²) in [5.41, 5.74) is 2.13. The Morgan fingerprint density at radius 3 is 2.60 bits per heavy atom. The topological polar surface area (TPSA) is 45.8 Å². The van der Waals surface area contributed by atoms with Crippen LogP contribution in [0.1, 0.15) is 4.88 Å². The van der Waals surface area contributed by atoms with Gasteiger partial charge in [0.25, 0.3) is 5.56 Å². The molecule has 0 fully saturated rings. The average molecular weight is 371 g/mol. The van der Waals surface area contributed by atoms with Gasteiger partial charge >= 0.3 is 0 Å². The molecule has 25 heavy (non-hydrogen) atoms. The van der Waals surface area contributed by atoms with Gasteiger partial charge in [-0.15, -0.1) is 11.3 Å². The third-order valence-corrected chi connectivity index (χ3v) is 5.20. The molecule has 1 N–H and O–H groups in total. The van der Waals surface area contributed by atoms with Gasteiger partial charge in [0.2, 0.25) is 0 Å². The molecule has 0 bridgehead atoms. The quantitative estimate of drug-likeness (QED) is 0.512. The molecule has 0 aliphatic rings. The van der Waals surface area contributed by atoms with Crippen molar-refractivity contribution >= 4 is 33.2 Å². The number of fused-ring (bicyclic) bond motifs is 1. The summed E-state index contributed by atoms with van der Waals surface area (Å²) < 4.78 is 13.2. The van der Waals surface area contributed by atoms with E-state index in [9.17, 15) is 9.18 Å². The van der Waals surface area contributed by atoms with Gasteiger partial charge in [0.05, 0.1) is 5.39 Å². The molecular weight excluding hydrogens is 359 g/mol. The van der Waals surface area contributed by atoms with E-state index in [2.05, 4.69) is 9.97 Å². The van der Waals surface area contributed by atoms with Gasteiger partial charge in [0.15, 0.2) is 0 Å². The highest BCUT2D eigenvalue weighted by Crippen LogP contribution is 2.36. The highest BCUT2D eigenvalue weighted by molar-refractivity contribution is 7.19. The fourth-order valence-electron chi connectivity index (χ4n) is 2.86. The van der Waals surface area contributed by atoms with Crippen LogP contribution in [0, 0.1) is 12.7 Å². The zero-order valence-electron chi connectivity index (χ0n) is 13.1. The van der Waals surface area contributed by atoms with Gasteiger partial charge in [-0.05, 0) is 36.8 Å². The molecule has 0 aliphatic heterocycles. The Hall–Kier alpha value is -2.50. The number of nitrogens with one attached hydrogen (secondary N) is 1. The fraction of sp³-hybridized carbons (Fsp3) is 0.0526. The molecule has 4 aromatic rings. The van der Waals surface area contributed by atoms with Gasteiger partial charge in [-0.25, -0.2) is 9.37 Å². The summed E-state index contributed by atoms with van der Waals surface area (Å²) in [5, 5.41) is 1.11. The summed E-state index contributed by atoms with van der Waals surface area (Å²) in [6, 6.07) is 13.3. The Labute approximate surface area is 151 Å². The lowest BCUT2D eigenvalue weighted by molar-refractivity contribution is 0.628. The largest absolute Gasteiger partial charge is 0.306 e. The number of hydrogen-bond donors (Lipinski definition) is 1. The van der Waals surface area contributed by atoms with Crippen LogP contribution >= 0.6 is 22.9 Å². The van der Waals surface area contributed by atoms with Crippen LogP contribution in [0.3, 0.4) is 0 Å². The molecule has 124 valence electrons. The van der Waals surface area contributed by atoms with Gasteiger partial charge < -0.3 is 4.98 Å². The molecule has 0 unspecified atom stereocenters. The van der Waals surface area contributed by atoms with Crippen molar-refractivity contribution in [2.45, 2.75) is 6.92 Å². The maximum Gasteiger partial charge on any atom is 0.260 e. The van der Waals surface area contributed by atoms with Crippen LogP contribution in [0.4, 0.5) is 4.39 Å². The van der Waals surface area contributed by atoms with E-state index in [-0.39, 0.29) is 11.4 Å². The molecule has 0 saturated heterocycles. The summed E-state index contributed by atoms with van der Waals surface area (Å²) in [5.74, 6) is 0.170.